The van der Waals surface area contributed by atoms with Gasteiger partial charge in [-0.25, -0.2) is 4.79 Å². The highest BCUT2D eigenvalue weighted by Gasteiger charge is 2.11. The van der Waals surface area contributed by atoms with Gasteiger partial charge >= 0.3 is 5.97 Å². The first-order valence-electron chi connectivity index (χ1n) is 9.40. The van der Waals surface area contributed by atoms with Crippen molar-refractivity contribution in [1.82, 2.24) is 0 Å². The summed E-state index contributed by atoms with van der Waals surface area (Å²) in [6.45, 7) is 0.783. The molecule has 0 unspecified atom stereocenters. The summed E-state index contributed by atoms with van der Waals surface area (Å²) >= 11 is 0. The fraction of sp³-hybridized carbons (Fsp3) is 0.0800. The Balaban J connectivity index is 1.38. The van der Waals surface area contributed by atoms with E-state index >= 15 is 0 Å². The molecule has 0 amide bonds. The van der Waals surface area contributed by atoms with Crippen LogP contribution in [0.2, 0.25) is 0 Å². The fourth-order valence-corrected chi connectivity index (χ4v) is 2.99. The maximum absolute atomic E-state index is 12.6. The molecular formula is C25H20O4. The predicted molar refractivity (Wildman–Crippen MR) is 113 cm³/mol. The molecule has 4 rings (SSSR count). The Morgan fingerprint density at radius 3 is 2.17 bits per heavy atom. The predicted octanol–water partition coefficient (Wildman–Crippen LogP) is 5.52. The highest BCUT2D eigenvalue weighted by molar-refractivity contribution is 5.95. The number of rotatable bonds is 7. The van der Waals surface area contributed by atoms with Crippen molar-refractivity contribution in [2.24, 2.45) is 0 Å². The molecule has 4 aromatic rings. The Labute approximate surface area is 169 Å². The number of fused-ring (bicyclic) bond motifs is 1. The van der Waals surface area contributed by atoms with Gasteiger partial charge in [-0.05, 0) is 41.8 Å². The SMILES string of the molecule is O=C(Oc1cccc2ccccc12)c1cccc(OCCOc2ccccc2)c1. The third-order valence-corrected chi connectivity index (χ3v) is 4.39. The van der Waals surface area contributed by atoms with Crippen LogP contribution in [0.1, 0.15) is 10.4 Å². The van der Waals surface area contributed by atoms with Gasteiger partial charge in [0, 0.05) is 5.39 Å². The second-order valence-electron chi connectivity index (χ2n) is 6.40. The van der Waals surface area contributed by atoms with Gasteiger partial charge < -0.3 is 14.2 Å². The van der Waals surface area contributed by atoms with Crippen molar-refractivity contribution in [3.05, 3.63) is 103 Å². The van der Waals surface area contributed by atoms with Crippen molar-refractivity contribution >= 4 is 16.7 Å². The standard InChI is InChI=1S/C25H20O4/c26-25(29-24-15-7-9-19-8-4-5-14-23(19)24)20-10-6-13-22(18-20)28-17-16-27-21-11-2-1-3-12-21/h1-15,18H,16-17H2. The van der Waals surface area contributed by atoms with Gasteiger partial charge in [0.25, 0.3) is 0 Å². The molecule has 0 radical (unpaired) electrons. The Kier molecular flexibility index (Phi) is 5.72. The summed E-state index contributed by atoms with van der Waals surface area (Å²) in [5.41, 5.74) is 0.430. The number of hydrogen-bond acceptors (Lipinski definition) is 4. The number of ether oxygens (including phenoxy) is 3. The minimum atomic E-state index is -0.424. The van der Waals surface area contributed by atoms with Crippen LogP contribution in [0.15, 0.2) is 97.1 Å². The summed E-state index contributed by atoms with van der Waals surface area (Å²) in [4.78, 5) is 12.6. The van der Waals surface area contributed by atoms with E-state index in [2.05, 4.69) is 0 Å². The van der Waals surface area contributed by atoms with E-state index in [1.807, 2.05) is 66.7 Å². The van der Waals surface area contributed by atoms with Crippen LogP contribution in [0.5, 0.6) is 17.2 Å². The van der Waals surface area contributed by atoms with Gasteiger partial charge in [-0.15, -0.1) is 0 Å². The van der Waals surface area contributed by atoms with Gasteiger partial charge in [-0.1, -0.05) is 60.7 Å². The molecular weight excluding hydrogens is 364 g/mol. The van der Waals surface area contributed by atoms with Crippen molar-refractivity contribution in [2.45, 2.75) is 0 Å². The van der Waals surface area contributed by atoms with E-state index in [4.69, 9.17) is 14.2 Å². The molecule has 0 saturated heterocycles. The third-order valence-electron chi connectivity index (χ3n) is 4.39. The molecule has 0 bridgehead atoms. The lowest BCUT2D eigenvalue weighted by atomic mass is 10.1. The average Bonchev–Trinajstić information content (AvgIpc) is 2.78. The zero-order chi connectivity index (χ0) is 19.9. The van der Waals surface area contributed by atoms with E-state index in [1.165, 1.54) is 0 Å². The molecule has 4 aromatic carbocycles. The molecule has 4 nitrogen and oxygen atoms in total. The Morgan fingerprint density at radius 1 is 0.655 bits per heavy atom. The van der Waals surface area contributed by atoms with Crippen LogP contribution in [-0.2, 0) is 0 Å². The first-order valence-corrected chi connectivity index (χ1v) is 9.40. The van der Waals surface area contributed by atoms with Gasteiger partial charge in [0.05, 0.1) is 5.56 Å². The molecule has 0 fully saturated rings. The highest BCUT2D eigenvalue weighted by atomic mass is 16.5. The van der Waals surface area contributed by atoms with E-state index < -0.39 is 5.97 Å². The number of esters is 1. The maximum Gasteiger partial charge on any atom is 0.343 e. The summed E-state index contributed by atoms with van der Waals surface area (Å²) < 4.78 is 16.9. The molecule has 0 atom stereocenters. The second kappa shape index (κ2) is 8.93. The van der Waals surface area contributed by atoms with Crippen LogP contribution in [0.3, 0.4) is 0 Å². The van der Waals surface area contributed by atoms with Crippen LogP contribution in [0.4, 0.5) is 0 Å². The topological polar surface area (TPSA) is 44.8 Å². The fourth-order valence-electron chi connectivity index (χ4n) is 2.99. The molecule has 0 heterocycles. The summed E-state index contributed by atoms with van der Waals surface area (Å²) in [6, 6.07) is 30.0. The molecule has 4 heteroatoms. The molecule has 0 spiro atoms. The summed E-state index contributed by atoms with van der Waals surface area (Å²) in [6.07, 6.45) is 0. The van der Waals surface area contributed by atoms with E-state index in [9.17, 15) is 4.79 Å². The van der Waals surface area contributed by atoms with Crippen molar-refractivity contribution in [1.29, 1.82) is 0 Å². The maximum atomic E-state index is 12.6. The number of carbonyl (C=O) groups is 1. The monoisotopic (exact) mass is 384 g/mol. The van der Waals surface area contributed by atoms with E-state index in [0.29, 0.717) is 30.3 Å². The number of benzene rings is 4. The van der Waals surface area contributed by atoms with Crippen LogP contribution in [-0.4, -0.2) is 19.2 Å². The van der Waals surface area contributed by atoms with Crippen LogP contribution >= 0.6 is 0 Å². The second-order valence-corrected chi connectivity index (χ2v) is 6.40. The minimum absolute atomic E-state index is 0.372. The lowest BCUT2D eigenvalue weighted by molar-refractivity contribution is 0.0736. The number of hydrogen-bond donors (Lipinski definition) is 0. The number of para-hydroxylation sites is 1. The first kappa shape index (κ1) is 18.6. The van der Waals surface area contributed by atoms with Crippen molar-refractivity contribution in [2.75, 3.05) is 13.2 Å². The van der Waals surface area contributed by atoms with Crippen LogP contribution < -0.4 is 14.2 Å². The van der Waals surface area contributed by atoms with Crippen molar-refractivity contribution in [3.8, 4) is 17.2 Å². The third kappa shape index (κ3) is 4.74. The van der Waals surface area contributed by atoms with Crippen molar-refractivity contribution in [3.63, 3.8) is 0 Å². The van der Waals surface area contributed by atoms with Gasteiger partial charge in [0.2, 0.25) is 0 Å². The molecule has 0 aliphatic heterocycles. The summed E-state index contributed by atoms with van der Waals surface area (Å²) in [5.74, 6) is 1.50. The van der Waals surface area contributed by atoms with E-state index in [0.717, 1.165) is 16.5 Å². The van der Waals surface area contributed by atoms with Gasteiger partial charge in [-0.3, -0.25) is 0 Å². The molecule has 0 saturated carbocycles. The Bertz CT molecular complexity index is 1100. The lowest BCUT2D eigenvalue weighted by Gasteiger charge is -2.10. The summed E-state index contributed by atoms with van der Waals surface area (Å²) in [5, 5.41) is 1.92. The van der Waals surface area contributed by atoms with Crippen molar-refractivity contribution < 1.29 is 19.0 Å². The quantitative estimate of drug-likeness (QED) is 0.239. The zero-order valence-electron chi connectivity index (χ0n) is 15.8. The zero-order valence-corrected chi connectivity index (χ0v) is 15.8. The lowest BCUT2D eigenvalue weighted by Crippen LogP contribution is -2.11. The normalized spacial score (nSPS) is 10.5. The van der Waals surface area contributed by atoms with Gasteiger partial charge in [0.1, 0.15) is 30.5 Å². The van der Waals surface area contributed by atoms with E-state index in [1.54, 1.807) is 30.3 Å². The number of carbonyl (C=O) groups excluding carboxylic acids is 1. The Hall–Kier alpha value is -3.79. The molecule has 144 valence electrons. The minimum Gasteiger partial charge on any atom is -0.490 e. The molecule has 0 aliphatic carbocycles. The summed E-state index contributed by atoms with van der Waals surface area (Å²) in [7, 11) is 0. The van der Waals surface area contributed by atoms with Gasteiger partial charge in [-0.2, -0.15) is 0 Å². The van der Waals surface area contributed by atoms with Gasteiger partial charge in [0.15, 0.2) is 0 Å². The Morgan fingerprint density at radius 2 is 1.31 bits per heavy atom. The molecule has 29 heavy (non-hydrogen) atoms. The molecule has 0 N–H and O–H groups in total. The van der Waals surface area contributed by atoms with E-state index in [-0.39, 0.29) is 0 Å². The molecule has 0 aliphatic rings. The van der Waals surface area contributed by atoms with Crippen LogP contribution in [0, 0.1) is 0 Å². The smallest absolute Gasteiger partial charge is 0.343 e. The average molecular weight is 384 g/mol. The molecule has 0 aromatic heterocycles. The highest BCUT2D eigenvalue weighted by Crippen LogP contribution is 2.26. The largest absolute Gasteiger partial charge is 0.490 e. The van der Waals surface area contributed by atoms with Crippen LogP contribution in [0.25, 0.3) is 10.8 Å². The first-order chi connectivity index (χ1) is 14.3.